The highest BCUT2D eigenvalue weighted by atomic mass is 79.9. The van der Waals surface area contributed by atoms with Gasteiger partial charge in [-0.2, -0.15) is 5.10 Å². The molecule has 1 amide bonds. The van der Waals surface area contributed by atoms with Crippen molar-refractivity contribution in [2.75, 3.05) is 5.32 Å². The van der Waals surface area contributed by atoms with Crippen molar-refractivity contribution in [1.29, 1.82) is 0 Å². The van der Waals surface area contributed by atoms with Crippen LogP contribution in [-0.2, 0) is 0 Å². The summed E-state index contributed by atoms with van der Waals surface area (Å²) in [4.78, 5) is 25.4. The molecule has 3 aromatic rings. The molecule has 25 heavy (non-hydrogen) atoms. The number of aromatic nitrogens is 2. The lowest BCUT2D eigenvalue weighted by Gasteiger charge is -2.14. The SMILES string of the molecule is CC(C)n1nc(C(=O)Nc2cc(Br)ccc2Br)c2ccccc2c1=O. The Morgan fingerprint density at radius 1 is 1.12 bits per heavy atom. The number of carbonyl (C=O) groups excluding carboxylic acids is 1. The van der Waals surface area contributed by atoms with Gasteiger partial charge >= 0.3 is 0 Å². The van der Waals surface area contributed by atoms with Crippen LogP contribution < -0.4 is 10.9 Å². The second-order valence-electron chi connectivity index (χ2n) is 5.82. The van der Waals surface area contributed by atoms with Gasteiger partial charge in [-0.1, -0.05) is 34.1 Å². The maximum atomic E-state index is 12.9. The summed E-state index contributed by atoms with van der Waals surface area (Å²) in [5.41, 5.74) is 0.633. The molecule has 3 rings (SSSR count). The molecule has 0 saturated carbocycles. The molecule has 0 spiro atoms. The molecule has 1 heterocycles. The molecule has 0 aliphatic carbocycles. The smallest absolute Gasteiger partial charge is 0.276 e. The fourth-order valence-electron chi connectivity index (χ4n) is 2.50. The van der Waals surface area contributed by atoms with Crippen LogP contribution in [-0.4, -0.2) is 15.7 Å². The van der Waals surface area contributed by atoms with Gasteiger partial charge in [0, 0.05) is 14.3 Å². The Morgan fingerprint density at radius 2 is 1.80 bits per heavy atom. The lowest BCUT2D eigenvalue weighted by Crippen LogP contribution is -2.29. The third-order valence-electron chi connectivity index (χ3n) is 3.71. The minimum atomic E-state index is -0.371. The normalized spacial score (nSPS) is 11.1. The quantitative estimate of drug-likeness (QED) is 0.608. The second-order valence-corrected chi connectivity index (χ2v) is 7.59. The van der Waals surface area contributed by atoms with Crippen LogP contribution in [0.1, 0.15) is 30.4 Å². The number of carbonyl (C=O) groups is 1. The summed E-state index contributed by atoms with van der Waals surface area (Å²) in [6, 6.07) is 12.4. The highest BCUT2D eigenvalue weighted by Crippen LogP contribution is 2.27. The van der Waals surface area contributed by atoms with Crippen LogP contribution in [0.4, 0.5) is 5.69 Å². The molecular weight excluding hydrogens is 450 g/mol. The van der Waals surface area contributed by atoms with Crippen LogP contribution in [0.2, 0.25) is 0 Å². The monoisotopic (exact) mass is 463 g/mol. The van der Waals surface area contributed by atoms with Crippen molar-refractivity contribution in [2.45, 2.75) is 19.9 Å². The first-order chi connectivity index (χ1) is 11.9. The number of rotatable bonds is 3. The van der Waals surface area contributed by atoms with Crippen molar-refractivity contribution in [3.05, 3.63) is 67.5 Å². The standard InChI is InChI=1S/C18H15Br2N3O2/c1-10(2)23-18(25)13-6-4-3-5-12(13)16(22-23)17(24)21-15-9-11(19)7-8-14(15)20/h3-10H,1-2H3,(H,21,24). The van der Waals surface area contributed by atoms with E-state index in [2.05, 4.69) is 42.3 Å². The molecule has 2 aromatic carbocycles. The van der Waals surface area contributed by atoms with Crippen LogP contribution in [0.5, 0.6) is 0 Å². The Morgan fingerprint density at radius 3 is 2.48 bits per heavy atom. The van der Waals surface area contributed by atoms with Crippen LogP contribution >= 0.6 is 31.9 Å². The zero-order chi connectivity index (χ0) is 18.1. The summed E-state index contributed by atoms with van der Waals surface area (Å²) in [6.45, 7) is 3.71. The van der Waals surface area contributed by atoms with Gasteiger partial charge in [-0.15, -0.1) is 0 Å². The van der Waals surface area contributed by atoms with Gasteiger partial charge in [0.05, 0.1) is 17.1 Å². The molecule has 7 heteroatoms. The fraction of sp³-hybridized carbons (Fsp3) is 0.167. The third kappa shape index (κ3) is 3.52. The number of amides is 1. The highest BCUT2D eigenvalue weighted by Gasteiger charge is 2.18. The summed E-state index contributed by atoms with van der Waals surface area (Å²) in [5.74, 6) is -0.371. The van der Waals surface area contributed by atoms with Crippen LogP contribution in [0, 0.1) is 0 Å². The van der Waals surface area contributed by atoms with Crippen molar-refractivity contribution in [3.8, 4) is 0 Å². The summed E-state index contributed by atoms with van der Waals surface area (Å²) in [5, 5.41) is 8.18. The second kappa shape index (κ2) is 7.09. The molecule has 5 nitrogen and oxygen atoms in total. The van der Waals surface area contributed by atoms with Crippen LogP contribution in [0.15, 0.2) is 56.2 Å². The van der Waals surface area contributed by atoms with E-state index in [9.17, 15) is 9.59 Å². The van der Waals surface area contributed by atoms with Crippen LogP contribution in [0.3, 0.4) is 0 Å². The predicted molar refractivity (Wildman–Crippen MR) is 106 cm³/mol. The molecule has 0 bridgehead atoms. The molecule has 0 aliphatic rings. The molecular formula is C18H15Br2N3O2. The average molecular weight is 465 g/mol. The molecule has 0 aliphatic heterocycles. The Labute approximate surface area is 161 Å². The number of hydrogen-bond donors (Lipinski definition) is 1. The van der Waals surface area contributed by atoms with E-state index in [-0.39, 0.29) is 23.2 Å². The minimum absolute atomic E-state index is 0.152. The zero-order valence-corrected chi connectivity index (χ0v) is 16.8. The van der Waals surface area contributed by atoms with Crippen molar-refractivity contribution < 1.29 is 4.79 Å². The largest absolute Gasteiger partial charge is 0.319 e. The van der Waals surface area contributed by atoms with E-state index in [1.807, 2.05) is 26.0 Å². The molecule has 1 N–H and O–H groups in total. The number of benzene rings is 2. The predicted octanol–water partition coefficient (Wildman–Crippen LogP) is 4.75. The third-order valence-corrected chi connectivity index (χ3v) is 4.89. The molecule has 0 saturated heterocycles. The molecule has 128 valence electrons. The van der Waals surface area contributed by atoms with Crippen molar-refractivity contribution in [1.82, 2.24) is 9.78 Å². The summed E-state index contributed by atoms with van der Waals surface area (Å²) >= 11 is 6.81. The van der Waals surface area contributed by atoms with E-state index in [1.165, 1.54) is 4.68 Å². The van der Waals surface area contributed by atoms with E-state index in [1.54, 1.807) is 30.3 Å². The maximum Gasteiger partial charge on any atom is 0.276 e. The van der Waals surface area contributed by atoms with Gasteiger partial charge in [0.25, 0.3) is 11.5 Å². The molecule has 1 aromatic heterocycles. The summed E-state index contributed by atoms with van der Waals surface area (Å²) in [7, 11) is 0. The Balaban J connectivity index is 2.14. The molecule has 0 fully saturated rings. The molecule has 0 atom stereocenters. The maximum absolute atomic E-state index is 12.9. The number of hydrogen-bond acceptors (Lipinski definition) is 3. The Kier molecular flexibility index (Phi) is 5.06. The van der Waals surface area contributed by atoms with Gasteiger partial charge in [0.1, 0.15) is 0 Å². The number of halogens is 2. The molecule has 0 radical (unpaired) electrons. The summed E-state index contributed by atoms with van der Waals surface area (Å²) in [6.07, 6.45) is 0. The first-order valence-electron chi connectivity index (χ1n) is 7.66. The first-order valence-corrected chi connectivity index (χ1v) is 9.25. The van der Waals surface area contributed by atoms with E-state index >= 15 is 0 Å². The van der Waals surface area contributed by atoms with Gasteiger partial charge in [-0.3, -0.25) is 9.59 Å². The van der Waals surface area contributed by atoms with E-state index in [0.29, 0.717) is 16.5 Å². The van der Waals surface area contributed by atoms with E-state index < -0.39 is 0 Å². The van der Waals surface area contributed by atoms with Crippen molar-refractivity contribution in [2.24, 2.45) is 0 Å². The number of nitrogens with one attached hydrogen (secondary N) is 1. The summed E-state index contributed by atoms with van der Waals surface area (Å²) < 4.78 is 2.94. The van der Waals surface area contributed by atoms with Crippen molar-refractivity contribution >= 4 is 54.2 Å². The highest BCUT2D eigenvalue weighted by molar-refractivity contribution is 9.11. The lowest BCUT2D eigenvalue weighted by atomic mass is 10.1. The minimum Gasteiger partial charge on any atom is -0.319 e. The molecule has 0 unspecified atom stereocenters. The number of fused-ring (bicyclic) bond motifs is 1. The lowest BCUT2D eigenvalue weighted by molar-refractivity contribution is 0.102. The van der Waals surface area contributed by atoms with Crippen LogP contribution in [0.25, 0.3) is 10.8 Å². The number of nitrogens with zero attached hydrogens (tertiary/aromatic N) is 2. The fourth-order valence-corrected chi connectivity index (χ4v) is 3.21. The van der Waals surface area contributed by atoms with Gasteiger partial charge in [-0.05, 0) is 54.0 Å². The topological polar surface area (TPSA) is 64.0 Å². The first kappa shape index (κ1) is 17.8. The van der Waals surface area contributed by atoms with Gasteiger partial charge in [0.15, 0.2) is 5.69 Å². The number of anilines is 1. The zero-order valence-electron chi connectivity index (χ0n) is 13.6. The Hall–Kier alpha value is -1.99. The van der Waals surface area contributed by atoms with Crippen molar-refractivity contribution in [3.63, 3.8) is 0 Å². The van der Waals surface area contributed by atoms with E-state index in [0.717, 1.165) is 8.95 Å². The van der Waals surface area contributed by atoms with Gasteiger partial charge < -0.3 is 5.32 Å². The van der Waals surface area contributed by atoms with Gasteiger partial charge in [0.2, 0.25) is 0 Å². The average Bonchev–Trinajstić information content (AvgIpc) is 2.58. The van der Waals surface area contributed by atoms with E-state index in [4.69, 9.17) is 0 Å². The van der Waals surface area contributed by atoms with Gasteiger partial charge in [-0.25, -0.2) is 4.68 Å². The Bertz CT molecular complexity index is 1030.